The molecule has 1 N–H and O–H groups in total. The first-order valence-corrected chi connectivity index (χ1v) is 7.63. The van der Waals surface area contributed by atoms with Gasteiger partial charge in [-0.05, 0) is 36.7 Å². The lowest BCUT2D eigenvalue weighted by Gasteiger charge is -2.19. The second-order valence-electron chi connectivity index (χ2n) is 4.58. The van der Waals surface area contributed by atoms with E-state index >= 15 is 0 Å². The molecule has 0 bridgehead atoms. The normalized spacial score (nSPS) is 12.4. The maximum Gasteiger partial charge on any atom is 0.141 e. The second kappa shape index (κ2) is 7.41. The molecule has 6 heteroatoms. The van der Waals surface area contributed by atoms with Gasteiger partial charge in [0.25, 0.3) is 0 Å². The molecule has 1 unspecified atom stereocenters. The summed E-state index contributed by atoms with van der Waals surface area (Å²) in [6.45, 7) is 2.74. The molecule has 0 saturated heterocycles. The third-order valence-corrected chi connectivity index (χ3v) is 3.84. The molecule has 2 aromatic rings. The van der Waals surface area contributed by atoms with Crippen molar-refractivity contribution in [3.8, 4) is 0 Å². The standard InChI is InChI=1S/C15H14Cl3FN2/c1-2-20-14(15-12(18)7-10(16)8-21-15)6-9-3-4-13(19)11(17)5-9/h3-5,7-8,14,20H,2,6H2,1H3. The highest BCUT2D eigenvalue weighted by atomic mass is 35.5. The molecular formula is C15H14Cl3FN2. The predicted molar refractivity (Wildman–Crippen MR) is 85.8 cm³/mol. The number of hydrogen-bond donors (Lipinski definition) is 1. The van der Waals surface area contributed by atoms with Crippen LogP contribution in [-0.2, 0) is 6.42 Å². The fourth-order valence-electron chi connectivity index (χ4n) is 2.10. The van der Waals surface area contributed by atoms with Gasteiger partial charge in [-0.15, -0.1) is 0 Å². The molecule has 0 saturated carbocycles. The van der Waals surface area contributed by atoms with Crippen LogP contribution in [0.3, 0.4) is 0 Å². The monoisotopic (exact) mass is 346 g/mol. The zero-order valence-corrected chi connectivity index (χ0v) is 13.6. The average molecular weight is 348 g/mol. The number of pyridine rings is 1. The molecule has 2 rings (SSSR count). The zero-order chi connectivity index (χ0) is 15.4. The Morgan fingerprint density at radius 2 is 1.95 bits per heavy atom. The summed E-state index contributed by atoms with van der Waals surface area (Å²) in [5, 5.41) is 4.42. The van der Waals surface area contributed by atoms with Gasteiger partial charge in [0, 0.05) is 6.20 Å². The van der Waals surface area contributed by atoms with Gasteiger partial charge in [-0.2, -0.15) is 0 Å². The number of rotatable bonds is 5. The Hall–Kier alpha value is -0.870. The molecule has 0 radical (unpaired) electrons. The Bertz CT molecular complexity index is 634. The van der Waals surface area contributed by atoms with Gasteiger partial charge in [-0.1, -0.05) is 47.8 Å². The molecule has 0 spiro atoms. The van der Waals surface area contributed by atoms with Crippen molar-refractivity contribution < 1.29 is 4.39 Å². The molecule has 1 aromatic heterocycles. The van der Waals surface area contributed by atoms with E-state index in [0.29, 0.717) is 22.2 Å². The predicted octanol–water partition coefficient (Wildman–Crippen LogP) is 5.07. The van der Waals surface area contributed by atoms with Crippen LogP contribution in [0.2, 0.25) is 15.1 Å². The van der Waals surface area contributed by atoms with E-state index in [1.165, 1.54) is 6.07 Å². The minimum atomic E-state index is -0.428. The van der Waals surface area contributed by atoms with Gasteiger partial charge in [0.05, 0.1) is 26.8 Å². The number of nitrogens with one attached hydrogen (secondary N) is 1. The smallest absolute Gasteiger partial charge is 0.141 e. The molecule has 1 atom stereocenters. The number of nitrogens with zero attached hydrogens (tertiary/aromatic N) is 1. The summed E-state index contributed by atoms with van der Waals surface area (Å²) in [6.07, 6.45) is 2.16. The van der Waals surface area contributed by atoms with Crippen LogP contribution in [0, 0.1) is 5.82 Å². The molecule has 0 fully saturated rings. The van der Waals surface area contributed by atoms with E-state index in [1.807, 2.05) is 6.92 Å². The van der Waals surface area contributed by atoms with Crippen molar-refractivity contribution in [2.45, 2.75) is 19.4 Å². The van der Waals surface area contributed by atoms with Gasteiger partial charge in [0.2, 0.25) is 0 Å². The van der Waals surface area contributed by atoms with Crippen LogP contribution in [0.1, 0.15) is 24.2 Å². The molecule has 0 aliphatic rings. The van der Waals surface area contributed by atoms with Crippen molar-refractivity contribution >= 4 is 34.8 Å². The number of aromatic nitrogens is 1. The highest BCUT2D eigenvalue weighted by molar-refractivity contribution is 6.34. The van der Waals surface area contributed by atoms with Crippen molar-refractivity contribution in [3.63, 3.8) is 0 Å². The molecule has 112 valence electrons. The summed E-state index contributed by atoms with van der Waals surface area (Å²) in [5.41, 5.74) is 1.61. The Balaban J connectivity index is 2.28. The Morgan fingerprint density at radius 1 is 1.19 bits per heavy atom. The summed E-state index contributed by atoms with van der Waals surface area (Å²) in [6, 6.07) is 6.24. The number of benzene rings is 1. The topological polar surface area (TPSA) is 24.9 Å². The Kier molecular flexibility index (Phi) is 5.82. The average Bonchev–Trinajstić information content (AvgIpc) is 2.42. The number of halogens is 4. The lowest BCUT2D eigenvalue weighted by atomic mass is 10.0. The number of likely N-dealkylation sites (N-methyl/N-ethyl adjacent to an activating group) is 1. The van der Waals surface area contributed by atoms with E-state index in [2.05, 4.69) is 10.3 Å². The molecular weight excluding hydrogens is 334 g/mol. The van der Waals surface area contributed by atoms with Crippen LogP contribution in [0.25, 0.3) is 0 Å². The zero-order valence-electron chi connectivity index (χ0n) is 11.3. The maximum absolute atomic E-state index is 13.2. The minimum absolute atomic E-state index is 0.0960. The highest BCUT2D eigenvalue weighted by Gasteiger charge is 2.17. The van der Waals surface area contributed by atoms with E-state index in [0.717, 1.165) is 12.1 Å². The van der Waals surface area contributed by atoms with Gasteiger partial charge in [0.15, 0.2) is 0 Å². The second-order valence-corrected chi connectivity index (χ2v) is 5.83. The van der Waals surface area contributed by atoms with E-state index < -0.39 is 5.82 Å². The molecule has 1 heterocycles. The minimum Gasteiger partial charge on any atom is -0.309 e. The maximum atomic E-state index is 13.2. The van der Waals surface area contributed by atoms with Crippen LogP contribution < -0.4 is 5.32 Å². The van der Waals surface area contributed by atoms with E-state index in [-0.39, 0.29) is 11.1 Å². The van der Waals surface area contributed by atoms with E-state index in [1.54, 1.807) is 24.4 Å². The summed E-state index contributed by atoms with van der Waals surface area (Å²) < 4.78 is 13.2. The van der Waals surface area contributed by atoms with Gasteiger partial charge >= 0.3 is 0 Å². The molecule has 21 heavy (non-hydrogen) atoms. The van der Waals surface area contributed by atoms with Gasteiger partial charge < -0.3 is 5.32 Å². The van der Waals surface area contributed by atoms with Crippen molar-refractivity contribution in [1.29, 1.82) is 0 Å². The van der Waals surface area contributed by atoms with Crippen LogP contribution in [-0.4, -0.2) is 11.5 Å². The van der Waals surface area contributed by atoms with E-state index in [9.17, 15) is 4.39 Å². The lowest BCUT2D eigenvalue weighted by Crippen LogP contribution is -2.24. The third kappa shape index (κ3) is 4.30. The summed E-state index contributed by atoms with van der Waals surface area (Å²) in [7, 11) is 0. The third-order valence-electron chi connectivity index (χ3n) is 3.04. The highest BCUT2D eigenvalue weighted by Crippen LogP contribution is 2.27. The van der Waals surface area contributed by atoms with Crippen molar-refractivity contribution in [3.05, 3.63) is 62.6 Å². The summed E-state index contributed by atoms with van der Waals surface area (Å²) in [4.78, 5) is 4.30. The van der Waals surface area contributed by atoms with Crippen molar-refractivity contribution in [2.24, 2.45) is 0 Å². The molecule has 0 amide bonds. The molecule has 0 aliphatic carbocycles. The van der Waals surface area contributed by atoms with Crippen LogP contribution in [0.15, 0.2) is 30.5 Å². The quantitative estimate of drug-likeness (QED) is 0.816. The van der Waals surface area contributed by atoms with Crippen molar-refractivity contribution in [2.75, 3.05) is 6.54 Å². The van der Waals surface area contributed by atoms with Crippen LogP contribution in [0.5, 0.6) is 0 Å². The number of hydrogen-bond acceptors (Lipinski definition) is 2. The first kappa shape index (κ1) is 16.5. The molecule has 2 nitrogen and oxygen atoms in total. The van der Waals surface area contributed by atoms with Crippen LogP contribution >= 0.6 is 34.8 Å². The summed E-state index contributed by atoms with van der Waals surface area (Å²) in [5.74, 6) is -0.428. The van der Waals surface area contributed by atoms with Gasteiger partial charge in [-0.25, -0.2) is 4.39 Å². The first-order chi connectivity index (χ1) is 10.0. The SMILES string of the molecule is CCNC(Cc1ccc(F)c(Cl)c1)c1ncc(Cl)cc1Cl. The van der Waals surface area contributed by atoms with Crippen LogP contribution in [0.4, 0.5) is 4.39 Å². The fourth-order valence-corrected chi connectivity index (χ4v) is 2.81. The van der Waals surface area contributed by atoms with Gasteiger partial charge in [-0.3, -0.25) is 4.98 Å². The first-order valence-electron chi connectivity index (χ1n) is 6.49. The van der Waals surface area contributed by atoms with Gasteiger partial charge in [0.1, 0.15) is 5.82 Å². The van der Waals surface area contributed by atoms with Crippen molar-refractivity contribution in [1.82, 2.24) is 10.3 Å². The fraction of sp³-hybridized carbons (Fsp3) is 0.267. The molecule has 1 aromatic carbocycles. The largest absolute Gasteiger partial charge is 0.309 e. The Labute approximate surface area is 138 Å². The van der Waals surface area contributed by atoms with E-state index in [4.69, 9.17) is 34.8 Å². The Morgan fingerprint density at radius 3 is 2.57 bits per heavy atom. The summed E-state index contributed by atoms with van der Waals surface area (Å²) >= 11 is 17.9. The lowest BCUT2D eigenvalue weighted by molar-refractivity contribution is 0.536. The molecule has 0 aliphatic heterocycles.